The minimum Gasteiger partial charge on any atom is -0.374 e. The van der Waals surface area contributed by atoms with Crippen LogP contribution in [0.15, 0.2) is 30.5 Å². The van der Waals surface area contributed by atoms with E-state index in [1.807, 2.05) is 14.0 Å². The van der Waals surface area contributed by atoms with E-state index in [9.17, 15) is 4.39 Å². The van der Waals surface area contributed by atoms with Gasteiger partial charge in [-0.15, -0.1) is 0 Å². The van der Waals surface area contributed by atoms with Gasteiger partial charge in [-0.3, -0.25) is 4.68 Å². The molecule has 3 N–H and O–H groups in total. The summed E-state index contributed by atoms with van der Waals surface area (Å²) in [6.07, 6.45) is 1.76. The van der Waals surface area contributed by atoms with Crippen molar-refractivity contribution in [3.05, 3.63) is 47.5 Å². The lowest BCUT2D eigenvalue weighted by atomic mass is 10.1. The summed E-state index contributed by atoms with van der Waals surface area (Å²) in [6, 6.07) is 6.42. The summed E-state index contributed by atoms with van der Waals surface area (Å²) in [5.41, 5.74) is 8.23. The Balaban J connectivity index is 2.25. The number of hydrogen-bond donors (Lipinski definition) is 2. The predicted molar refractivity (Wildman–Crippen MR) is 69.8 cm³/mol. The lowest BCUT2D eigenvalue weighted by Gasteiger charge is -2.18. The van der Waals surface area contributed by atoms with Crippen LogP contribution in [-0.4, -0.2) is 16.3 Å². The molecule has 0 amide bonds. The zero-order chi connectivity index (χ0) is 13.1. The van der Waals surface area contributed by atoms with Crippen molar-refractivity contribution in [2.75, 3.05) is 11.9 Å². The van der Waals surface area contributed by atoms with Crippen molar-refractivity contribution >= 4 is 5.69 Å². The number of aromatic nitrogens is 2. The third-order valence-corrected chi connectivity index (χ3v) is 3.09. The van der Waals surface area contributed by atoms with E-state index in [0.29, 0.717) is 12.2 Å². The molecule has 0 bridgehead atoms. The Bertz CT molecular complexity index is 536. The van der Waals surface area contributed by atoms with Crippen LogP contribution in [0.3, 0.4) is 0 Å². The molecule has 4 nitrogen and oxygen atoms in total. The van der Waals surface area contributed by atoms with Gasteiger partial charge in [0.1, 0.15) is 5.82 Å². The van der Waals surface area contributed by atoms with Gasteiger partial charge in [-0.05, 0) is 19.1 Å². The van der Waals surface area contributed by atoms with E-state index in [2.05, 4.69) is 10.4 Å². The summed E-state index contributed by atoms with van der Waals surface area (Å²) in [4.78, 5) is 0. The Hall–Kier alpha value is -1.88. The second-order valence-corrected chi connectivity index (χ2v) is 4.22. The number of nitrogens with two attached hydrogens (primary N) is 1. The minimum atomic E-state index is -0.280. The van der Waals surface area contributed by atoms with Crippen LogP contribution in [0.5, 0.6) is 0 Å². The minimum absolute atomic E-state index is 0.143. The average molecular weight is 248 g/mol. The van der Waals surface area contributed by atoms with Crippen LogP contribution in [0.4, 0.5) is 10.1 Å². The standard InChI is InChI=1S/C13H17FN4/c1-9-10(8-16-18(9)2)13(7-15)17-12-6-4-3-5-11(12)14/h3-6,8,13,17H,7,15H2,1-2H3. The summed E-state index contributed by atoms with van der Waals surface area (Å²) in [7, 11) is 1.87. The molecule has 2 rings (SSSR count). The Kier molecular flexibility index (Phi) is 3.62. The second kappa shape index (κ2) is 5.18. The average Bonchev–Trinajstić information content (AvgIpc) is 2.70. The molecule has 96 valence electrons. The molecule has 0 fully saturated rings. The number of nitrogens with one attached hydrogen (secondary N) is 1. The summed E-state index contributed by atoms with van der Waals surface area (Å²) in [6.45, 7) is 2.34. The summed E-state index contributed by atoms with van der Waals surface area (Å²) < 4.78 is 15.4. The predicted octanol–water partition coefficient (Wildman–Crippen LogP) is 1.98. The largest absolute Gasteiger partial charge is 0.374 e. The monoisotopic (exact) mass is 248 g/mol. The zero-order valence-electron chi connectivity index (χ0n) is 10.5. The van der Waals surface area contributed by atoms with E-state index < -0.39 is 0 Å². The van der Waals surface area contributed by atoms with Crippen molar-refractivity contribution in [3.8, 4) is 0 Å². The van der Waals surface area contributed by atoms with Crippen LogP contribution in [-0.2, 0) is 7.05 Å². The number of rotatable bonds is 4. The summed E-state index contributed by atoms with van der Waals surface area (Å²) in [5, 5.41) is 7.29. The summed E-state index contributed by atoms with van der Waals surface area (Å²) in [5.74, 6) is -0.280. The van der Waals surface area contributed by atoms with Crippen molar-refractivity contribution in [2.24, 2.45) is 12.8 Å². The third-order valence-electron chi connectivity index (χ3n) is 3.09. The highest BCUT2D eigenvalue weighted by Crippen LogP contribution is 2.22. The number of para-hydroxylation sites is 1. The van der Waals surface area contributed by atoms with E-state index in [0.717, 1.165) is 11.3 Å². The number of nitrogens with zero attached hydrogens (tertiary/aromatic N) is 2. The van der Waals surface area contributed by atoms with Gasteiger partial charge in [-0.2, -0.15) is 5.10 Å². The normalized spacial score (nSPS) is 12.4. The van der Waals surface area contributed by atoms with Crippen LogP contribution < -0.4 is 11.1 Å². The molecule has 1 unspecified atom stereocenters. The SMILES string of the molecule is Cc1c(C(CN)Nc2ccccc2F)cnn1C. The maximum Gasteiger partial charge on any atom is 0.146 e. The first-order valence-electron chi connectivity index (χ1n) is 5.83. The first-order valence-corrected chi connectivity index (χ1v) is 5.83. The van der Waals surface area contributed by atoms with E-state index in [4.69, 9.17) is 5.73 Å². The number of aryl methyl sites for hydroxylation is 1. The lowest BCUT2D eigenvalue weighted by molar-refractivity contribution is 0.625. The van der Waals surface area contributed by atoms with E-state index in [-0.39, 0.29) is 11.9 Å². The van der Waals surface area contributed by atoms with Gasteiger partial charge in [-0.25, -0.2) is 4.39 Å². The molecular weight excluding hydrogens is 231 g/mol. The van der Waals surface area contributed by atoms with Crippen LogP contribution in [0.25, 0.3) is 0 Å². The maximum atomic E-state index is 13.6. The van der Waals surface area contributed by atoms with Gasteiger partial charge in [0.15, 0.2) is 0 Å². The highest BCUT2D eigenvalue weighted by atomic mass is 19.1. The smallest absolute Gasteiger partial charge is 0.146 e. The fourth-order valence-corrected chi connectivity index (χ4v) is 1.89. The fourth-order valence-electron chi connectivity index (χ4n) is 1.89. The topological polar surface area (TPSA) is 55.9 Å². The molecule has 0 spiro atoms. The van der Waals surface area contributed by atoms with Crippen LogP contribution in [0.2, 0.25) is 0 Å². The number of halogens is 1. The highest BCUT2D eigenvalue weighted by molar-refractivity contribution is 5.47. The highest BCUT2D eigenvalue weighted by Gasteiger charge is 2.16. The van der Waals surface area contributed by atoms with Gasteiger partial charge in [0.2, 0.25) is 0 Å². The Morgan fingerprint density at radius 3 is 2.72 bits per heavy atom. The van der Waals surface area contributed by atoms with Crippen molar-refractivity contribution in [1.29, 1.82) is 0 Å². The van der Waals surface area contributed by atoms with Gasteiger partial charge in [0.05, 0.1) is 17.9 Å². The molecule has 5 heteroatoms. The molecule has 2 aromatic rings. The lowest BCUT2D eigenvalue weighted by Crippen LogP contribution is -2.21. The molecule has 1 heterocycles. The number of anilines is 1. The molecule has 0 aliphatic carbocycles. The third kappa shape index (κ3) is 2.36. The molecule has 18 heavy (non-hydrogen) atoms. The second-order valence-electron chi connectivity index (χ2n) is 4.22. The van der Waals surface area contributed by atoms with Gasteiger partial charge in [0, 0.05) is 24.8 Å². The molecular formula is C13H17FN4. The molecule has 1 atom stereocenters. The van der Waals surface area contributed by atoms with Crippen molar-refractivity contribution < 1.29 is 4.39 Å². The first kappa shape index (κ1) is 12.6. The zero-order valence-corrected chi connectivity index (χ0v) is 10.5. The van der Waals surface area contributed by atoms with Crippen LogP contribution >= 0.6 is 0 Å². The van der Waals surface area contributed by atoms with Crippen LogP contribution in [0.1, 0.15) is 17.3 Å². The maximum absolute atomic E-state index is 13.6. The Labute approximate surface area is 106 Å². The Morgan fingerprint density at radius 2 is 2.17 bits per heavy atom. The molecule has 0 aliphatic rings. The van der Waals surface area contributed by atoms with E-state index in [1.165, 1.54) is 6.07 Å². The first-order chi connectivity index (χ1) is 8.63. The molecule has 0 saturated heterocycles. The fraction of sp³-hybridized carbons (Fsp3) is 0.308. The van der Waals surface area contributed by atoms with Crippen molar-refractivity contribution in [3.63, 3.8) is 0 Å². The number of benzene rings is 1. The molecule has 0 saturated carbocycles. The van der Waals surface area contributed by atoms with Gasteiger partial charge in [-0.1, -0.05) is 12.1 Å². The van der Waals surface area contributed by atoms with Gasteiger partial charge < -0.3 is 11.1 Å². The van der Waals surface area contributed by atoms with Gasteiger partial charge >= 0.3 is 0 Å². The molecule has 1 aromatic heterocycles. The quantitative estimate of drug-likeness (QED) is 0.870. The molecule has 0 aliphatic heterocycles. The Morgan fingerprint density at radius 1 is 1.44 bits per heavy atom. The molecule has 0 radical (unpaired) electrons. The summed E-state index contributed by atoms with van der Waals surface area (Å²) >= 11 is 0. The molecule has 1 aromatic carbocycles. The van der Waals surface area contributed by atoms with Crippen molar-refractivity contribution in [2.45, 2.75) is 13.0 Å². The number of hydrogen-bond acceptors (Lipinski definition) is 3. The van der Waals surface area contributed by atoms with Crippen molar-refractivity contribution in [1.82, 2.24) is 9.78 Å². The van der Waals surface area contributed by atoms with E-state index in [1.54, 1.807) is 29.1 Å². The van der Waals surface area contributed by atoms with E-state index >= 15 is 0 Å². The van der Waals surface area contributed by atoms with Gasteiger partial charge in [0.25, 0.3) is 0 Å². The van der Waals surface area contributed by atoms with Crippen LogP contribution in [0, 0.1) is 12.7 Å².